The lowest BCUT2D eigenvalue weighted by Crippen LogP contribution is -2.22. The molecule has 24 heavy (non-hydrogen) atoms. The zero-order valence-electron chi connectivity index (χ0n) is 13.3. The summed E-state index contributed by atoms with van der Waals surface area (Å²) in [5, 5.41) is 14.3. The quantitative estimate of drug-likeness (QED) is 0.470. The summed E-state index contributed by atoms with van der Waals surface area (Å²) in [4.78, 5) is 12.5. The van der Waals surface area contributed by atoms with Crippen molar-refractivity contribution < 1.29 is 18.0 Å². The van der Waals surface area contributed by atoms with E-state index in [0.717, 1.165) is 29.6 Å². The molecule has 1 heterocycles. The van der Waals surface area contributed by atoms with Crippen LogP contribution in [0.3, 0.4) is 0 Å². The second-order valence-corrected chi connectivity index (χ2v) is 7.09. The minimum atomic E-state index is -4.66. The molecule has 0 aliphatic carbocycles. The first-order valence-electron chi connectivity index (χ1n) is 7.05. The summed E-state index contributed by atoms with van der Waals surface area (Å²) in [5.74, 6) is -0.941. The first-order chi connectivity index (χ1) is 11.1. The molecular formula is C17H15F3N2OS. The molecule has 1 aromatic rings. The first-order valence-corrected chi connectivity index (χ1v) is 7.93. The molecule has 126 valence electrons. The third-order valence-corrected chi connectivity index (χ3v) is 4.29. The molecule has 0 fully saturated rings. The molecule has 1 aliphatic heterocycles. The van der Waals surface area contributed by atoms with Crippen LogP contribution in [0.5, 0.6) is 0 Å². The van der Waals surface area contributed by atoms with Gasteiger partial charge in [0.1, 0.15) is 11.6 Å². The average Bonchev–Trinajstić information content (AvgIpc) is 2.97. The number of nitrogens with one attached hydrogen (secondary N) is 1. The largest absolute Gasteiger partial charge is 0.417 e. The summed E-state index contributed by atoms with van der Waals surface area (Å²) in [6.07, 6.45) is -4.66. The number of nitriles is 1. The minimum Gasteiger partial charge on any atom is -0.351 e. The highest BCUT2D eigenvalue weighted by molar-refractivity contribution is 8.06. The molecule has 0 radical (unpaired) electrons. The number of benzene rings is 1. The van der Waals surface area contributed by atoms with Gasteiger partial charge in [-0.05, 0) is 11.5 Å². The van der Waals surface area contributed by atoms with Crippen molar-refractivity contribution in [1.29, 1.82) is 5.26 Å². The molecule has 0 aromatic heterocycles. The van der Waals surface area contributed by atoms with Gasteiger partial charge in [-0.1, -0.05) is 50.7 Å². The minimum absolute atomic E-state index is 0.234. The molecule has 0 atom stereocenters. The number of Topliss-reactive ketones (excluding diaryl/α,β-unsaturated/α-hetero) is 1. The van der Waals surface area contributed by atoms with E-state index in [1.165, 1.54) is 12.1 Å². The molecule has 0 saturated heterocycles. The second-order valence-electron chi connectivity index (χ2n) is 6.21. The Kier molecular flexibility index (Phi) is 4.81. The number of rotatable bonds is 2. The molecule has 1 aliphatic rings. The molecular weight excluding hydrogens is 337 g/mol. The zero-order valence-corrected chi connectivity index (χ0v) is 14.1. The summed E-state index contributed by atoms with van der Waals surface area (Å²) >= 11 is 1.13. The number of carbonyl (C=O) groups is 1. The molecule has 0 bridgehead atoms. The number of alkyl halides is 3. The molecule has 0 saturated carbocycles. The van der Waals surface area contributed by atoms with Crippen molar-refractivity contribution in [3.05, 3.63) is 57.1 Å². The summed E-state index contributed by atoms with van der Waals surface area (Å²) in [5.41, 5.74) is -1.34. The Labute approximate surface area is 142 Å². The van der Waals surface area contributed by atoms with Crippen molar-refractivity contribution in [2.45, 2.75) is 26.9 Å². The number of thioether (sulfide) groups is 1. The van der Waals surface area contributed by atoms with E-state index in [0.29, 0.717) is 0 Å². The number of nitrogens with zero attached hydrogens (tertiary/aromatic N) is 1. The second kappa shape index (κ2) is 6.36. The van der Waals surface area contributed by atoms with E-state index < -0.39 is 23.1 Å². The van der Waals surface area contributed by atoms with Gasteiger partial charge in [0.25, 0.3) is 0 Å². The van der Waals surface area contributed by atoms with Crippen LogP contribution in [-0.2, 0) is 6.18 Å². The van der Waals surface area contributed by atoms with Crippen LogP contribution < -0.4 is 5.32 Å². The molecule has 0 amide bonds. The van der Waals surface area contributed by atoms with E-state index in [2.05, 4.69) is 5.32 Å². The van der Waals surface area contributed by atoms with E-state index in [-0.39, 0.29) is 16.0 Å². The highest BCUT2D eigenvalue weighted by Gasteiger charge is 2.36. The summed E-state index contributed by atoms with van der Waals surface area (Å²) in [7, 11) is 0. The number of hydrogen-bond donors (Lipinski definition) is 1. The lowest BCUT2D eigenvalue weighted by molar-refractivity contribution is -0.137. The molecule has 1 N–H and O–H groups in total. The Bertz CT molecular complexity index is 780. The van der Waals surface area contributed by atoms with Gasteiger partial charge in [-0.25, -0.2) is 0 Å². The number of allylic oxidation sites excluding steroid dienone is 2. The lowest BCUT2D eigenvalue weighted by atomic mass is 9.93. The third-order valence-electron chi connectivity index (χ3n) is 3.39. The fraction of sp³-hybridized carbons (Fsp3) is 0.294. The SMILES string of the molecule is CC(C)(C)C1=CSC(=C(C#N)C(=O)c2ccccc2C(F)(F)F)N1. The van der Waals surface area contributed by atoms with E-state index in [9.17, 15) is 23.2 Å². The van der Waals surface area contributed by atoms with Crippen LogP contribution in [-0.4, -0.2) is 5.78 Å². The summed E-state index contributed by atoms with van der Waals surface area (Å²) < 4.78 is 39.3. The Hall–Kier alpha value is -2.20. The Morgan fingerprint density at radius 3 is 2.33 bits per heavy atom. The Balaban J connectivity index is 2.44. The highest BCUT2D eigenvalue weighted by atomic mass is 32.2. The molecule has 0 spiro atoms. The summed E-state index contributed by atoms with van der Waals surface area (Å²) in [6, 6.07) is 6.21. The van der Waals surface area contributed by atoms with Gasteiger partial charge in [0.2, 0.25) is 5.78 Å². The topological polar surface area (TPSA) is 52.9 Å². The number of hydrogen-bond acceptors (Lipinski definition) is 4. The van der Waals surface area contributed by atoms with Crippen LogP contribution in [0.1, 0.15) is 36.7 Å². The Morgan fingerprint density at radius 1 is 1.21 bits per heavy atom. The fourth-order valence-electron chi connectivity index (χ4n) is 2.05. The van der Waals surface area contributed by atoms with Crippen LogP contribution in [0.4, 0.5) is 13.2 Å². The maximum atomic E-state index is 13.1. The maximum absolute atomic E-state index is 13.1. The van der Waals surface area contributed by atoms with E-state index in [1.54, 1.807) is 11.5 Å². The normalized spacial score (nSPS) is 17.0. The van der Waals surface area contributed by atoms with Crippen molar-refractivity contribution in [2.24, 2.45) is 5.41 Å². The molecule has 1 aromatic carbocycles. The lowest BCUT2D eigenvalue weighted by Gasteiger charge is -2.20. The van der Waals surface area contributed by atoms with Crippen LogP contribution in [0.15, 0.2) is 46.0 Å². The Morgan fingerprint density at radius 2 is 1.83 bits per heavy atom. The van der Waals surface area contributed by atoms with Crippen molar-refractivity contribution >= 4 is 17.5 Å². The average molecular weight is 352 g/mol. The van der Waals surface area contributed by atoms with Gasteiger partial charge in [0.05, 0.1) is 10.6 Å². The van der Waals surface area contributed by atoms with Crippen molar-refractivity contribution in [3.8, 4) is 6.07 Å². The summed E-state index contributed by atoms with van der Waals surface area (Å²) in [6.45, 7) is 5.84. The van der Waals surface area contributed by atoms with E-state index >= 15 is 0 Å². The predicted molar refractivity (Wildman–Crippen MR) is 86.7 cm³/mol. The van der Waals surface area contributed by atoms with Crippen LogP contribution >= 0.6 is 11.8 Å². The fourth-order valence-corrected chi connectivity index (χ4v) is 3.13. The number of carbonyl (C=O) groups excluding carboxylic acids is 1. The van der Waals surface area contributed by atoms with Gasteiger partial charge in [-0.3, -0.25) is 4.79 Å². The first kappa shape index (κ1) is 18.1. The van der Waals surface area contributed by atoms with Crippen LogP contribution in [0.2, 0.25) is 0 Å². The molecule has 3 nitrogen and oxygen atoms in total. The maximum Gasteiger partial charge on any atom is 0.417 e. The zero-order chi connectivity index (χ0) is 18.1. The van der Waals surface area contributed by atoms with Gasteiger partial charge in [0, 0.05) is 16.7 Å². The molecule has 7 heteroatoms. The van der Waals surface area contributed by atoms with Crippen LogP contribution in [0.25, 0.3) is 0 Å². The molecule has 0 unspecified atom stereocenters. The monoisotopic (exact) mass is 352 g/mol. The van der Waals surface area contributed by atoms with E-state index in [4.69, 9.17) is 0 Å². The van der Waals surface area contributed by atoms with Crippen molar-refractivity contribution in [3.63, 3.8) is 0 Å². The van der Waals surface area contributed by atoms with E-state index in [1.807, 2.05) is 20.8 Å². The third kappa shape index (κ3) is 3.65. The number of ketones is 1. The van der Waals surface area contributed by atoms with Gasteiger partial charge < -0.3 is 5.32 Å². The molecule has 2 rings (SSSR count). The standard InChI is InChI=1S/C17H15F3N2OS/c1-16(2,3)13-9-24-15(22-13)11(8-21)14(23)10-6-4-5-7-12(10)17(18,19)20/h4-7,9,22H,1-3H3. The van der Waals surface area contributed by atoms with Crippen molar-refractivity contribution in [2.75, 3.05) is 0 Å². The van der Waals surface area contributed by atoms with Gasteiger partial charge in [-0.15, -0.1) is 0 Å². The number of halogens is 3. The highest BCUT2D eigenvalue weighted by Crippen LogP contribution is 2.37. The predicted octanol–water partition coefficient (Wildman–Crippen LogP) is 4.85. The van der Waals surface area contributed by atoms with Crippen molar-refractivity contribution in [1.82, 2.24) is 5.32 Å². The smallest absolute Gasteiger partial charge is 0.351 e. The van der Waals surface area contributed by atoms with Crippen LogP contribution in [0, 0.1) is 16.7 Å². The van der Waals surface area contributed by atoms with Gasteiger partial charge in [-0.2, -0.15) is 18.4 Å². The van der Waals surface area contributed by atoms with Gasteiger partial charge >= 0.3 is 6.18 Å². The van der Waals surface area contributed by atoms with Gasteiger partial charge in [0.15, 0.2) is 0 Å².